The maximum Gasteiger partial charge on any atom is 0.322 e. The first-order valence-corrected chi connectivity index (χ1v) is 11.2. The van der Waals surface area contributed by atoms with E-state index >= 15 is 0 Å². The highest BCUT2D eigenvalue weighted by molar-refractivity contribution is 5.91. The molecule has 0 saturated heterocycles. The van der Waals surface area contributed by atoms with Crippen molar-refractivity contribution in [2.45, 2.75) is 20.0 Å². The summed E-state index contributed by atoms with van der Waals surface area (Å²) in [5, 5.41) is 3.82. The topological polar surface area (TPSA) is 92.9 Å². The van der Waals surface area contributed by atoms with Crippen molar-refractivity contribution in [1.29, 1.82) is 0 Å². The summed E-state index contributed by atoms with van der Waals surface area (Å²) in [6.07, 6.45) is 0. The number of aromatic nitrogens is 1. The van der Waals surface area contributed by atoms with E-state index in [-0.39, 0.29) is 31.5 Å². The van der Waals surface area contributed by atoms with E-state index in [1.165, 1.54) is 0 Å². The van der Waals surface area contributed by atoms with Gasteiger partial charge >= 0.3 is 6.03 Å². The Morgan fingerprint density at radius 1 is 1.03 bits per heavy atom. The molecular weight excluding hydrogens is 446 g/mol. The van der Waals surface area contributed by atoms with Crippen LogP contribution in [-0.4, -0.2) is 29.8 Å². The van der Waals surface area contributed by atoms with Crippen molar-refractivity contribution in [1.82, 2.24) is 9.88 Å². The number of anilines is 1. The van der Waals surface area contributed by atoms with Gasteiger partial charge in [-0.15, -0.1) is 0 Å². The summed E-state index contributed by atoms with van der Waals surface area (Å²) in [6.45, 7) is 2.48. The third-order valence-corrected chi connectivity index (χ3v) is 5.97. The maximum atomic E-state index is 13.4. The maximum absolute atomic E-state index is 13.4. The zero-order valence-electron chi connectivity index (χ0n) is 19.5. The summed E-state index contributed by atoms with van der Waals surface area (Å²) in [5.74, 6) is 1.84. The highest BCUT2D eigenvalue weighted by Crippen LogP contribution is 2.33. The van der Waals surface area contributed by atoms with Gasteiger partial charge in [0.05, 0.1) is 24.9 Å². The monoisotopic (exact) mass is 471 g/mol. The van der Waals surface area contributed by atoms with E-state index in [0.717, 1.165) is 22.0 Å². The molecule has 0 saturated carbocycles. The van der Waals surface area contributed by atoms with Crippen LogP contribution in [0.4, 0.5) is 10.5 Å². The van der Waals surface area contributed by atoms with Crippen LogP contribution in [0.5, 0.6) is 17.2 Å². The van der Waals surface area contributed by atoms with Crippen molar-refractivity contribution in [2.75, 3.05) is 19.2 Å². The highest BCUT2D eigenvalue weighted by Gasteiger charge is 2.20. The predicted octanol–water partition coefficient (Wildman–Crippen LogP) is 4.81. The van der Waals surface area contributed by atoms with Crippen molar-refractivity contribution in [3.63, 3.8) is 0 Å². The molecule has 8 nitrogen and oxygen atoms in total. The number of pyridine rings is 1. The molecule has 0 radical (unpaired) electrons. The second-order valence-electron chi connectivity index (χ2n) is 8.34. The van der Waals surface area contributed by atoms with E-state index in [4.69, 9.17) is 14.2 Å². The first-order valence-electron chi connectivity index (χ1n) is 11.2. The molecule has 0 spiro atoms. The van der Waals surface area contributed by atoms with Crippen molar-refractivity contribution >= 4 is 22.6 Å². The summed E-state index contributed by atoms with van der Waals surface area (Å²) in [5.41, 5.74) is 3.42. The van der Waals surface area contributed by atoms with Crippen LogP contribution in [0.3, 0.4) is 0 Å². The fourth-order valence-electron chi connectivity index (χ4n) is 4.15. The molecule has 0 bridgehead atoms. The lowest BCUT2D eigenvalue weighted by molar-refractivity contribution is 0.174. The number of para-hydroxylation sites is 3. The predicted molar refractivity (Wildman–Crippen MR) is 133 cm³/mol. The van der Waals surface area contributed by atoms with Crippen molar-refractivity contribution in [2.24, 2.45) is 0 Å². The molecule has 178 valence electrons. The Morgan fingerprint density at radius 3 is 2.71 bits per heavy atom. The van der Waals surface area contributed by atoms with Crippen LogP contribution in [0.2, 0.25) is 0 Å². The average Bonchev–Trinajstić information content (AvgIpc) is 3.33. The molecule has 0 unspecified atom stereocenters. The number of nitrogens with one attached hydrogen (secondary N) is 2. The molecule has 4 aromatic rings. The molecule has 5 rings (SSSR count). The van der Waals surface area contributed by atoms with Gasteiger partial charge in [0.2, 0.25) is 6.79 Å². The first-order chi connectivity index (χ1) is 17.0. The molecule has 2 amide bonds. The van der Waals surface area contributed by atoms with Gasteiger partial charge in [0, 0.05) is 12.1 Å². The second-order valence-corrected chi connectivity index (χ2v) is 8.34. The Kier molecular flexibility index (Phi) is 6.01. The van der Waals surface area contributed by atoms with Gasteiger partial charge in [-0.2, -0.15) is 0 Å². The van der Waals surface area contributed by atoms with Crippen molar-refractivity contribution in [3.05, 3.63) is 93.8 Å². The van der Waals surface area contributed by atoms with E-state index in [1.54, 1.807) is 24.1 Å². The lowest BCUT2D eigenvalue weighted by atomic mass is 10.1. The number of hydrogen-bond donors (Lipinski definition) is 2. The van der Waals surface area contributed by atoms with Gasteiger partial charge in [-0.25, -0.2) is 4.79 Å². The molecule has 1 aromatic heterocycles. The number of carbonyl (C=O) groups excluding carboxylic acids is 1. The van der Waals surface area contributed by atoms with Crippen LogP contribution in [0.1, 0.15) is 16.7 Å². The number of ether oxygens (including phenoxy) is 3. The number of nitrogens with zero attached hydrogens (tertiary/aromatic N) is 1. The molecule has 8 heteroatoms. The zero-order chi connectivity index (χ0) is 24.4. The van der Waals surface area contributed by atoms with Crippen LogP contribution in [-0.2, 0) is 13.1 Å². The molecule has 1 aliphatic heterocycles. The minimum Gasteiger partial charge on any atom is -0.495 e. The number of aryl methyl sites for hydroxylation is 1. The number of methoxy groups -OCH3 is 1. The number of H-pyrrole nitrogens is 1. The Labute approximate surface area is 202 Å². The van der Waals surface area contributed by atoms with Gasteiger partial charge in [-0.05, 0) is 53.8 Å². The molecular formula is C27H25N3O5. The molecule has 0 fully saturated rings. The van der Waals surface area contributed by atoms with E-state index in [2.05, 4.69) is 10.3 Å². The fourth-order valence-corrected chi connectivity index (χ4v) is 4.15. The minimum atomic E-state index is -0.365. The highest BCUT2D eigenvalue weighted by atomic mass is 16.7. The quantitative estimate of drug-likeness (QED) is 0.421. The number of amides is 2. The summed E-state index contributed by atoms with van der Waals surface area (Å²) in [6, 6.07) is 20.0. The van der Waals surface area contributed by atoms with Gasteiger partial charge in [-0.1, -0.05) is 36.4 Å². The summed E-state index contributed by atoms with van der Waals surface area (Å²) < 4.78 is 16.3. The van der Waals surface area contributed by atoms with E-state index < -0.39 is 0 Å². The summed E-state index contributed by atoms with van der Waals surface area (Å²) in [7, 11) is 1.55. The molecule has 2 heterocycles. The van der Waals surface area contributed by atoms with Crippen LogP contribution in [0.15, 0.2) is 71.5 Å². The lowest BCUT2D eigenvalue weighted by Gasteiger charge is -2.24. The van der Waals surface area contributed by atoms with E-state index in [0.29, 0.717) is 28.5 Å². The Bertz CT molecular complexity index is 1460. The van der Waals surface area contributed by atoms with E-state index in [9.17, 15) is 9.59 Å². The number of rotatable bonds is 6. The second kappa shape index (κ2) is 9.42. The smallest absolute Gasteiger partial charge is 0.322 e. The van der Waals surface area contributed by atoms with Gasteiger partial charge in [0.15, 0.2) is 11.5 Å². The third-order valence-electron chi connectivity index (χ3n) is 5.97. The SMILES string of the molecule is COc1ccccc1NC(=O)N(Cc1ccc2c(c1)OCO2)Cc1cc2cccc(C)c2[nH]c1=O. The van der Waals surface area contributed by atoms with Crippen LogP contribution >= 0.6 is 0 Å². The standard InChI is InChI=1S/C27H25N3O5/c1-17-6-5-7-19-13-20(26(31)29-25(17)19)15-30(14-18-10-11-23-24(12-18)35-16-34-23)27(32)28-21-8-3-4-9-22(21)33-2/h3-13H,14-16H2,1-2H3,(H,28,32)(H,29,31). The number of urea groups is 1. The van der Waals surface area contributed by atoms with Crippen LogP contribution in [0.25, 0.3) is 10.9 Å². The Hall–Kier alpha value is -4.46. The van der Waals surface area contributed by atoms with Crippen molar-refractivity contribution in [3.8, 4) is 17.2 Å². The normalized spacial score (nSPS) is 11.9. The summed E-state index contributed by atoms with van der Waals surface area (Å²) >= 11 is 0. The molecule has 2 N–H and O–H groups in total. The molecule has 0 atom stereocenters. The largest absolute Gasteiger partial charge is 0.495 e. The fraction of sp³-hybridized carbons (Fsp3) is 0.185. The number of hydrogen-bond acceptors (Lipinski definition) is 5. The Balaban J connectivity index is 1.48. The van der Waals surface area contributed by atoms with E-state index in [1.807, 2.05) is 61.5 Å². The number of carbonyl (C=O) groups is 1. The van der Waals surface area contributed by atoms with Gasteiger partial charge < -0.3 is 29.4 Å². The minimum absolute atomic E-state index is 0.106. The molecule has 3 aromatic carbocycles. The van der Waals surface area contributed by atoms with Gasteiger partial charge in [-0.3, -0.25) is 4.79 Å². The number of benzene rings is 3. The van der Waals surface area contributed by atoms with Crippen LogP contribution in [0, 0.1) is 6.92 Å². The Morgan fingerprint density at radius 2 is 1.86 bits per heavy atom. The first kappa shape index (κ1) is 22.3. The van der Waals surface area contributed by atoms with Gasteiger partial charge in [0.25, 0.3) is 5.56 Å². The van der Waals surface area contributed by atoms with Gasteiger partial charge in [0.1, 0.15) is 5.75 Å². The average molecular weight is 472 g/mol. The summed E-state index contributed by atoms with van der Waals surface area (Å²) in [4.78, 5) is 30.9. The molecule has 35 heavy (non-hydrogen) atoms. The number of fused-ring (bicyclic) bond motifs is 2. The molecule has 1 aliphatic rings. The zero-order valence-corrected chi connectivity index (χ0v) is 19.5. The third kappa shape index (κ3) is 4.63. The van der Waals surface area contributed by atoms with Crippen LogP contribution < -0.4 is 25.1 Å². The molecule has 0 aliphatic carbocycles. The number of aromatic amines is 1. The van der Waals surface area contributed by atoms with Crippen molar-refractivity contribution < 1.29 is 19.0 Å². The lowest BCUT2D eigenvalue weighted by Crippen LogP contribution is -2.35.